The maximum absolute atomic E-state index is 13.7. The van der Waals surface area contributed by atoms with Gasteiger partial charge in [-0.05, 0) is 80.3 Å². The highest BCUT2D eigenvalue weighted by Gasteiger charge is 2.31. The van der Waals surface area contributed by atoms with Crippen LogP contribution in [0.3, 0.4) is 0 Å². The van der Waals surface area contributed by atoms with Crippen molar-refractivity contribution in [1.29, 1.82) is 0 Å². The fraction of sp³-hybridized carbons (Fsp3) is 0.250. The summed E-state index contributed by atoms with van der Waals surface area (Å²) in [7, 11) is 0. The molecular formula is C28H28FN5O2. The number of rotatable bonds is 5. The molecule has 0 bridgehead atoms. The maximum Gasteiger partial charge on any atom is 0.259 e. The second-order valence-corrected chi connectivity index (χ2v) is 9.26. The van der Waals surface area contributed by atoms with Gasteiger partial charge >= 0.3 is 0 Å². The quantitative estimate of drug-likeness (QED) is 0.437. The van der Waals surface area contributed by atoms with Crippen LogP contribution in [0.5, 0.6) is 0 Å². The number of piperidine rings is 1. The lowest BCUT2D eigenvalue weighted by Crippen LogP contribution is -2.44. The Bertz CT molecular complexity index is 1390. The number of anilines is 1. The molecule has 0 saturated carbocycles. The molecular weight excluding hydrogens is 457 g/mol. The van der Waals surface area contributed by atoms with E-state index in [1.54, 1.807) is 27.9 Å². The molecule has 0 spiro atoms. The van der Waals surface area contributed by atoms with E-state index in [4.69, 9.17) is 0 Å². The van der Waals surface area contributed by atoms with E-state index in [0.717, 1.165) is 29.7 Å². The average Bonchev–Trinajstić information content (AvgIpc) is 3.56. The van der Waals surface area contributed by atoms with Gasteiger partial charge < -0.3 is 14.8 Å². The molecule has 5 rings (SSSR count). The highest BCUT2D eigenvalue weighted by atomic mass is 19.1. The average molecular weight is 486 g/mol. The molecule has 1 atom stereocenters. The topological polar surface area (TPSA) is 72.2 Å². The zero-order chi connectivity index (χ0) is 25.2. The van der Waals surface area contributed by atoms with E-state index in [1.165, 1.54) is 12.1 Å². The second-order valence-electron chi connectivity index (χ2n) is 9.26. The van der Waals surface area contributed by atoms with E-state index < -0.39 is 0 Å². The van der Waals surface area contributed by atoms with Crippen molar-refractivity contribution in [3.05, 3.63) is 95.7 Å². The number of halogens is 1. The Morgan fingerprint density at radius 3 is 2.56 bits per heavy atom. The lowest BCUT2D eigenvalue weighted by molar-refractivity contribution is -0.121. The second kappa shape index (κ2) is 9.81. The summed E-state index contributed by atoms with van der Waals surface area (Å²) >= 11 is 0. The predicted molar refractivity (Wildman–Crippen MR) is 136 cm³/mol. The number of amides is 2. The predicted octanol–water partition coefficient (Wildman–Crippen LogP) is 4.91. The smallest absolute Gasteiger partial charge is 0.259 e. The van der Waals surface area contributed by atoms with Crippen LogP contribution < -0.4 is 5.32 Å². The number of nitrogens with zero attached hydrogens (tertiary/aromatic N) is 4. The van der Waals surface area contributed by atoms with Gasteiger partial charge in [0.25, 0.3) is 5.91 Å². The first kappa shape index (κ1) is 23.5. The lowest BCUT2D eigenvalue weighted by Gasteiger charge is -2.32. The molecule has 2 amide bonds. The number of carbonyl (C=O) groups excluding carboxylic acids is 2. The van der Waals surface area contributed by atoms with E-state index in [2.05, 4.69) is 10.4 Å². The molecule has 3 heterocycles. The van der Waals surface area contributed by atoms with Crippen LogP contribution in [0.25, 0.3) is 11.5 Å². The highest BCUT2D eigenvalue weighted by molar-refractivity contribution is 5.98. The summed E-state index contributed by atoms with van der Waals surface area (Å²) in [4.78, 5) is 28.5. The van der Waals surface area contributed by atoms with Crippen LogP contribution in [0.4, 0.5) is 10.1 Å². The third-order valence-electron chi connectivity index (χ3n) is 6.62. The van der Waals surface area contributed by atoms with Crippen LogP contribution in [0, 0.1) is 25.6 Å². The van der Waals surface area contributed by atoms with Crippen LogP contribution in [-0.4, -0.2) is 44.2 Å². The summed E-state index contributed by atoms with van der Waals surface area (Å²) in [6.07, 6.45) is 6.68. The minimum Gasteiger partial charge on any atom is -0.338 e. The SMILES string of the molecule is Cc1ccc(C)c(NC(=O)[C@@H]2CCCN(C(=O)c3cnn(-c4ccc(F)cc4)c3-n3cccc3)C2)c1. The third-order valence-corrected chi connectivity index (χ3v) is 6.62. The van der Waals surface area contributed by atoms with Crippen molar-refractivity contribution >= 4 is 17.5 Å². The molecule has 0 aliphatic carbocycles. The number of carbonyl (C=O) groups is 2. The fourth-order valence-corrected chi connectivity index (χ4v) is 4.64. The van der Waals surface area contributed by atoms with E-state index in [0.29, 0.717) is 30.2 Å². The Labute approximate surface area is 209 Å². The summed E-state index contributed by atoms with van der Waals surface area (Å²) < 4.78 is 16.9. The van der Waals surface area contributed by atoms with Gasteiger partial charge in [-0.2, -0.15) is 5.10 Å². The number of benzene rings is 2. The number of nitrogens with one attached hydrogen (secondary N) is 1. The van der Waals surface area contributed by atoms with Crippen molar-refractivity contribution < 1.29 is 14.0 Å². The fourth-order valence-electron chi connectivity index (χ4n) is 4.64. The molecule has 2 aromatic carbocycles. The summed E-state index contributed by atoms with van der Waals surface area (Å²) in [5.41, 5.74) is 3.95. The van der Waals surface area contributed by atoms with Gasteiger partial charge in [-0.15, -0.1) is 0 Å². The lowest BCUT2D eigenvalue weighted by atomic mass is 9.96. The zero-order valence-corrected chi connectivity index (χ0v) is 20.3. The third kappa shape index (κ3) is 4.66. The van der Waals surface area contributed by atoms with Crippen LogP contribution in [-0.2, 0) is 4.79 Å². The summed E-state index contributed by atoms with van der Waals surface area (Å²) in [5, 5.41) is 7.52. The van der Waals surface area contributed by atoms with Gasteiger partial charge in [-0.3, -0.25) is 9.59 Å². The number of aromatic nitrogens is 3. The molecule has 36 heavy (non-hydrogen) atoms. The number of hydrogen-bond acceptors (Lipinski definition) is 3. The van der Waals surface area contributed by atoms with Crippen LogP contribution >= 0.6 is 0 Å². The van der Waals surface area contributed by atoms with Crippen molar-refractivity contribution in [2.45, 2.75) is 26.7 Å². The molecule has 1 N–H and O–H groups in total. The van der Waals surface area contributed by atoms with Crippen LogP contribution in [0.2, 0.25) is 0 Å². The van der Waals surface area contributed by atoms with Gasteiger partial charge in [-0.1, -0.05) is 12.1 Å². The van der Waals surface area contributed by atoms with Gasteiger partial charge in [0.15, 0.2) is 5.82 Å². The van der Waals surface area contributed by atoms with E-state index in [-0.39, 0.29) is 23.5 Å². The molecule has 1 saturated heterocycles. The molecule has 2 aromatic heterocycles. The van der Waals surface area contributed by atoms with Crippen molar-refractivity contribution in [2.24, 2.45) is 5.92 Å². The van der Waals surface area contributed by atoms with Crippen molar-refractivity contribution in [3.63, 3.8) is 0 Å². The largest absolute Gasteiger partial charge is 0.338 e. The molecule has 8 heteroatoms. The summed E-state index contributed by atoms with van der Waals surface area (Å²) in [6.45, 7) is 4.86. The summed E-state index contributed by atoms with van der Waals surface area (Å²) in [6, 6.07) is 15.7. The standard InChI is InChI=1S/C28H28FN5O2/c1-19-7-8-20(2)25(16-19)31-26(35)21-6-5-15-33(18-21)28(36)24-17-30-34(23-11-9-22(29)10-12-23)27(24)32-13-3-4-14-32/h3-4,7-14,16-17,21H,5-6,15,18H2,1-2H3,(H,31,35)/t21-/m1/s1. The van der Waals surface area contributed by atoms with Gasteiger partial charge in [0.1, 0.15) is 11.4 Å². The highest BCUT2D eigenvalue weighted by Crippen LogP contribution is 2.26. The summed E-state index contributed by atoms with van der Waals surface area (Å²) in [5.74, 6) is -0.336. The molecule has 1 aliphatic heterocycles. The first-order valence-corrected chi connectivity index (χ1v) is 12.1. The van der Waals surface area contributed by atoms with Gasteiger partial charge in [0, 0.05) is 31.2 Å². The minimum atomic E-state index is -0.344. The van der Waals surface area contributed by atoms with Gasteiger partial charge in [-0.25, -0.2) is 9.07 Å². The molecule has 0 radical (unpaired) electrons. The molecule has 7 nitrogen and oxygen atoms in total. The van der Waals surface area contributed by atoms with Crippen LogP contribution in [0.15, 0.2) is 73.2 Å². The molecule has 1 fully saturated rings. The first-order chi connectivity index (χ1) is 17.4. The Morgan fingerprint density at radius 2 is 1.81 bits per heavy atom. The van der Waals surface area contributed by atoms with Gasteiger partial charge in [0.05, 0.1) is 17.8 Å². The van der Waals surface area contributed by atoms with Gasteiger partial charge in [0.2, 0.25) is 5.91 Å². The zero-order valence-electron chi connectivity index (χ0n) is 20.3. The number of likely N-dealkylation sites (tertiary alicyclic amines) is 1. The number of hydrogen-bond donors (Lipinski definition) is 1. The van der Waals surface area contributed by atoms with Crippen molar-refractivity contribution in [1.82, 2.24) is 19.2 Å². The Hall–Kier alpha value is -4.20. The first-order valence-electron chi connectivity index (χ1n) is 12.1. The molecule has 1 aliphatic rings. The van der Waals surface area contributed by atoms with E-state index >= 15 is 0 Å². The minimum absolute atomic E-state index is 0.0751. The van der Waals surface area contributed by atoms with Crippen molar-refractivity contribution in [3.8, 4) is 11.5 Å². The van der Waals surface area contributed by atoms with E-state index in [1.807, 2.05) is 61.1 Å². The Morgan fingerprint density at radius 1 is 1.06 bits per heavy atom. The Balaban J connectivity index is 1.40. The molecule has 4 aromatic rings. The van der Waals surface area contributed by atoms with Crippen molar-refractivity contribution in [2.75, 3.05) is 18.4 Å². The molecule has 0 unspecified atom stereocenters. The number of aryl methyl sites for hydroxylation is 2. The molecule has 184 valence electrons. The van der Waals surface area contributed by atoms with E-state index in [9.17, 15) is 14.0 Å². The maximum atomic E-state index is 13.7. The van der Waals surface area contributed by atoms with Crippen LogP contribution in [0.1, 0.15) is 34.3 Å². The Kier molecular flexibility index (Phi) is 6.41. The normalized spacial score (nSPS) is 15.6. The monoisotopic (exact) mass is 485 g/mol.